The van der Waals surface area contributed by atoms with E-state index in [9.17, 15) is 4.39 Å². The minimum Gasteiger partial charge on any atom is -0.395 e. The van der Waals surface area contributed by atoms with Crippen LogP contribution in [0.5, 0.6) is 0 Å². The molecule has 7 heteroatoms. The van der Waals surface area contributed by atoms with E-state index in [-0.39, 0.29) is 37.2 Å². The van der Waals surface area contributed by atoms with Crippen molar-refractivity contribution in [2.45, 2.75) is 6.54 Å². The highest BCUT2D eigenvalue weighted by Crippen LogP contribution is 2.18. The molecular formula is C11H18Cl3FN2O. The lowest BCUT2D eigenvalue weighted by Gasteiger charge is -2.08. The van der Waals surface area contributed by atoms with Crippen molar-refractivity contribution >= 4 is 36.4 Å². The van der Waals surface area contributed by atoms with E-state index in [0.717, 1.165) is 6.54 Å². The number of hydrogen-bond donors (Lipinski definition) is 3. The van der Waals surface area contributed by atoms with Crippen LogP contribution < -0.4 is 10.6 Å². The van der Waals surface area contributed by atoms with Gasteiger partial charge in [-0.2, -0.15) is 0 Å². The molecule has 0 spiro atoms. The Morgan fingerprint density at radius 1 is 1.11 bits per heavy atom. The van der Waals surface area contributed by atoms with Crippen molar-refractivity contribution in [1.82, 2.24) is 10.6 Å². The summed E-state index contributed by atoms with van der Waals surface area (Å²) in [5.74, 6) is -0.289. The Hall–Kier alpha value is -0.100. The Balaban J connectivity index is 0. The lowest BCUT2D eigenvalue weighted by molar-refractivity contribution is 0.292. The minimum atomic E-state index is -0.289. The van der Waals surface area contributed by atoms with Crippen molar-refractivity contribution in [1.29, 1.82) is 0 Å². The second kappa shape index (κ2) is 12.0. The smallest absolute Gasteiger partial charge is 0.129 e. The molecule has 3 nitrogen and oxygen atoms in total. The first kappa shape index (κ1) is 20.2. The molecule has 0 unspecified atom stereocenters. The fourth-order valence-electron chi connectivity index (χ4n) is 1.30. The molecule has 0 bridgehead atoms. The Kier molecular flexibility index (Phi) is 13.4. The van der Waals surface area contributed by atoms with Crippen molar-refractivity contribution < 1.29 is 9.50 Å². The van der Waals surface area contributed by atoms with Crippen LogP contribution in [0.1, 0.15) is 5.56 Å². The molecule has 3 N–H and O–H groups in total. The van der Waals surface area contributed by atoms with Gasteiger partial charge in [-0.15, -0.1) is 24.8 Å². The van der Waals surface area contributed by atoms with Crippen LogP contribution in [0, 0.1) is 5.82 Å². The molecular weight excluding hydrogens is 301 g/mol. The summed E-state index contributed by atoms with van der Waals surface area (Å²) < 4.78 is 13.3. The third-order valence-electron chi connectivity index (χ3n) is 2.13. The van der Waals surface area contributed by atoms with Gasteiger partial charge >= 0.3 is 0 Å². The SMILES string of the molecule is Cl.Cl.OCCNCCNCc1c(F)cccc1Cl. The minimum absolute atomic E-state index is 0. The molecule has 0 aliphatic rings. The second-order valence-electron chi connectivity index (χ2n) is 3.35. The number of aliphatic hydroxyl groups excluding tert-OH is 1. The van der Waals surface area contributed by atoms with Gasteiger partial charge in [0.1, 0.15) is 5.82 Å². The summed E-state index contributed by atoms with van der Waals surface area (Å²) in [7, 11) is 0. The Bertz CT molecular complexity index is 309. The molecule has 0 radical (unpaired) electrons. The zero-order valence-corrected chi connectivity index (χ0v) is 12.2. The number of rotatable bonds is 7. The van der Waals surface area contributed by atoms with E-state index in [0.29, 0.717) is 30.2 Å². The Morgan fingerprint density at radius 3 is 2.39 bits per heavy atom. The van der Waals surface area contributed by atoms with Crippen LogP contribution in [0.2, 0.25) is 5.02 Å². The van der Waals surface area contributed by atoms with Gasteiger partial charge in [0.05, 0.1) is 6.61 Å². The monoisotopic (exact) mass is 318 g/mol. The summed E-state index contributed by atoms with van der Waals surface area (Å²) in [6.45, 7) is 2.53. The number of halogens is 4. The molecule has 18 heavy (non-hydrogen) atoms. The van der Waals surface area contributed by atoms with Crippen molar-refractivity contribution in [3.05, 3.63) is 34.6 Å². The largest absolute Gasteiger partial charge is 0.395 e. The predicted molar refractivity (Wildman–Crippen MR) is 77.6 cm³/mol. The Labute approximate surface area is 124 Å². The fraction of sp³-hybridized carbons (Fsp3) is 0.455. The van der Waals surface area contributed by atoms with Gasteiger partial charge in [-0.25, -0.2) is 4.39 Å². The second-order valence-corrected chi connectivity index (χ2v) is 3.76. The maximum absolute atomic E-state index is 13.3. The van der Waals surface area contributed by atoms with Gasteiger partial charge in [0.2, 0.25) is 0 Å². The summed E-state index contributed by atoms with van der Waals surface area (Å²) in [6.07, 6.45) is 0. The lowest BCUT2D eigenvalue weighted by atomic mass is 10.2. The molecule has 0 aromatic heterocycles. The third kappa shape index (κ3) is 7.36. The van der Waals surface area contributed by atoms with Crippen LogP contribution in [0.25, 0.3) is 0 Å². The molecule has 0 aliphatic heterocycles. The highest BCUT2D eigenvalue weighted by atomic mass is 35.5. The summed E-state index contributed by atoms with van der Waals surface area (Å²) in [6, 6.07) is 4.66. The van der Waals surface area contributed by atoms with Gasteiger partial charge in [0.25, 0.3) is 0 Å². The topological polar surface area (TPSA) is 44.3 Å². The molecule has 0 heterocycles. The van der Waals surface area contributed by atoms with Crippen molar-refractivity contribution in [2.24, 2.45) is 0 Å². The zero-order valence-electron chi connectivity index (χ0n) is 9.79. The molecule has 1 aromatic carbocycles. The summed E-state index contributed by atoms with van der Waals surface area (Å²) >= 11 is 5.86. The van der Waals surface area contributed by atoms with Crippen molar-refractivity contribution in [3.63, 3.8) is 0 Å². The van der Waals surface area contributed by atoms with Gasteiger partial charge in [-0.1, -0.05) is 17.7 Å². The number of aliphatic hydroxyl groups is 1. The van der Waals surface area contributed by atoms with Crippen LogP contribution in [0.4, 0.5) is 4.39 Å². The maximum Gasteiger partial charge on any atom is 0.129 e. The quantitative estimate of drug-likeness (QED) is 0.674. The van der Waals surface area contributed by atoms with E-state index in [2.05, 4.69) is 10.6 Å². The van der Waals surface area contributed by atoms with Gasteiger partial charge in [0.15, 0.2) is 0 Å². The van der Waals surface area contributed by atoms with E-state index in [4.69, 9.17) is 16.7 Å². The van der Waals surface area contributed by atoms with Crippen LogP contribution >= 0.6 is 36.4 Å². The van der Waals surface area contributed by atoms with E-state index in [1.807, 2.05) is 0 Å². The van der Waals surface area contributed by atoms with Crippen LogP contribution in [0.3, 0.4) is 0 Å². The molecule has 1 rings (SSSR count). The highest BCUT2D eigenvalue weighted by Gasteiger charge is 2.05. The first-order chi connectivity index (χ1) is 7.75. The summed E-state index contributed by atoms with van der Waals surface area (Å²) in [5.41, 5.74) is 0.492. The molecule has 0 saturated heterocycles. The molecule has 0 aliphatic carbocycles. The Morgan fingerprint density at radius 2 is 1.78 bits per heavy atom. The standard InChI is InChI=1S/C11H16ClFN2O.2ClH/c12-10-2-1-3-11(13)9(10)8-15-5-4-14-6-7-16;;/h1-3,14-16H,4-8H2;2*1H. The van der Waals surface area contributed by atoms with Crippen molar-refractivity contribution in [3.8, 4) is 0 Å². The molecule has 0 atom stereocenters. The summed E-state index contributed by atoms with van der Waals surface area (Å²) in [4.78, 5) is 0. The van der Waals surface area contributed by atoms with E-state index >= 15 is 0 Å². The van der Waals surface area contributed by atoms with E-state index < -0.39 is 0 Å². The first-order valence-corrected chi connectivity index (χ1v) is 5.58. The number of nitrogens with one attached hydrogen (secondary N) is 2. The van der Waals surface area contributed by atoms with Gasteiger partial charge in [-0.3, -0.25) is 0 Å². The zero-order chi connectivity index (χ0) is 11.8. The van der Waals surface area contributed by atoms with E-state index in [1.165, 1.54) is 6.07 Å². The molecule has 106 valence electrons. The average molecular weight is 320 g/mol. The molecule has 0 fully saturated rings. The molecule has 0 saturated carbocycles. The fourth-order valence-corrected chi connectivity index (χ4v) is 1.53. The van der Waals surface area contributed by atoms with Crippen LogP contribution in [0.15, 0.2) is 18.2 Å². The highest BCUT2D eigenvalue weighted by molar-refractivity contribution is 6.31. The number of hydrogen-bond acceptors (Lipinski definition) is 3. The third-order valence-corrected chi connectivity index (χ3v) is 2.48. The van der Waals surface area contributed by atoms with Crippen molar-refractivity contribution in [2.75, 3.05) is 26.2 Å². The average Bonchev–Trinajstić information content (AvgIpc) is 2.26. The maximum atomic E-state index is 13.3. The van der Waals surface area contributed by atoms with Gasteiger partial charge in [0, 0.05) is 36.8 Å². The van der Waals surface area contributed by atoms with Gasteiger partial charge < -0.3 is 15.7 Å². The number of benzene rings is 1. The predicted octanol–water partition coefficient (Wildman–Crippen LogP) is 1.99. The summed E-state index contributed by atoms with van der Waals surface area (Å²) in [5, 5.41) is 15.0. The lowest BCUT2D eigenvalue weighted by Crippen LogP contribution is -2.29. The molecule has 1 aromatic rings. The van der Waals surface area contributed by atoms with Crippen LogP contribution in [-0.2, 0) is 6.54 Å². The first-order valence-electron chi connectivity index (χ1n) is 5.21. The normalized spacial score (nSPS) is 9.50. The van der Waals surface area contributed by atoms with Gasteiger partial charge in [-0.05, 0) is 12.1 Å². The van der Waals surface area contributed by atoms with Crippen LogP contribution in [-0.4, -0.2) is 31.3 Å². The van der Waals surface area contributed by atoms with E-state index in [1.54, 1.807) is 12.1 Å². The molecule has 0 amide bonds.